The van der Waals surface area contributed by atoms with Crippen LogP contribution in [0, 0.1) is 6.92 Å². The first-order valence-corrected chi connectivity index (χ1v) is 10.6. The van der Waals surface area contributed by atoms with Gasteiger partial charge in [-0.05, 0) is 85.3 Å². The first kappa shape index (κ1) is 21.8. The number of nitrogens with zero attached hydrogens (tertiary/aromatic N) is 1. The lowest BCUT2D eigenvalue weighted by Crippen LogP contribution is -2.20. The van der Waals surface area contributed by atoms with Gasteiger partial charge in [-0.2, -0.15) is 0 Å². The molecular weight excluding hydrogens is 412 g/mol. The number of benzene rings is 4. The Bertz CT molecular complexity index is 1200. The van der Waals surface area contributed by atoms with Gasteiger partial charge in [-0.25, -0.2) is 0 Å². The fraction of sp³-hybridized carbons (Fsp3) is 0.0714. The van der Waals surface area contributed by atoms with Gasteiger partial charge in [0.2, 0.25) is 0 Å². The minimum atomic E-state index is -0.204. The summed E-state index contributed by atoms with van der Waals surface area (Å²) in [6.07, 6.45) is 1.78. The van der Waals surface area contributed by atoms with E-state index in [-0.39, 0.29) is 12.5 Å². The first-order chi connectivity index (χ1) is 16.1. The molecule has 4 rings (SSSR count). The lowest BCUT2D eigenvalue weighted by atomic mass is 10.2. The number of carbonyl (C=O) groups is 1. The molecule has 0 aliphatic carbocycles. The minimum absolute atomic E-state index is 0.0568. The summed E-state index contributed by atoms with van der Waals surface area (Å²) >= 11 is 0. The molecule has 0 heterocycles. The largest absolute Gasteiger partial charge is 0.484 e. The number of rotatable bonds is 8. The predicted octanol–water partition coefficient (Wildman–Crippen LogP) is 6.56. The fourth-order valence-corrected chi connectivity index (χ4v) is 3.01. The van der Waals surface area contributed by atoms with Crippen molar-refractivity contribution in [2.75, 3.05) is 11.9 Å². The van der Waals surface area contributed by atoms with E-state index in [1.807, 2.05) is 110 Å². The summed E-state index contributed by atoms with van der Waals surface area (Å²) < 4.78 is 11.4. The van der Waals surface area contributed by atoms with Crippen molar-refractivity contribution in [3.63, 3.8) is 0 Å². The number of aryl methyl sites for hydroxylation is 1. The molecule has 5 heteroatoms. The molecule has 0 aliphatic heterocycles. The number of anilines is 1. The molecule has 164 valence electrons. The van der Waals surface area contributed by atoms with E-state index in [1.165, 1.54) is 0 Å². The van der Waals surface area contributed by atoms with Gasteiger partial charge >= 0.3 is 0 Å². The third kappa shape index (κ3) is 6.80. The zero-order valence-electron chi connectivity index (χ0n) is 18.3. The molecule has 0 bridgehead atoms. The van der Waals surface area contributed by atoms with E-state index in [0.29, 0.717) is 5.75 Å². The van der Waals surface area contributed by atoms with Crippen molar-refractivity contribution in [2.45, 2.75) is 6.92 Å². The standard InChI is InChI=1S/C28H24N2O3/c1-21-7-11-24(12-8-21)30-28(31)20-32-25-15-9-22(10-16-25)19-29-23-13-17-27(18-14-23)33-26-5-3-2-4-6-26/h2-19H,20H2,1H3,(H,30,31). The number of ether oxygens (including phenoxy) is 2. The Morgan fingerprint density at radius 1 is 0.788 bits per heavy atom. The molecule has 33 heavy (non-hydrogen) atoms. The number of amides is 1. The molecule has 4 aromatic carbocycles. The van der Waals surface area contributed by atoms with Crippen molar-refractivity contribution in [2.24, 2.45) is 4.99 Å². The summed E-state index contributed by atoms with van der Waals surface area (Å²) in [5, 5.41) is 2.81. The van der Waals surface area contributed by atoms with Crippen molar-refractivity contribution < 1.29 is 14.3 Å². The van der Waals surface area contributed by atoms with Crippen LogP contribution in [0.1, 0.15) is 11.1 Å². The van der Waals surface area contributed by atoms with Crippen molar-refractivity contribution in [3.8, 4) is 17.2 Å². The molecule has 0 saturated heterocycles. The number of para-hydroxylation sites is 1. The molecule has 0 aliphatic rings. The molecule has 0 aromatic heterocycles. The molecule has 1 amide bonds. The Morgan fingerprint density at radius 3 is 2.12 bits per heavy atom. The SMILES string of the molecule is Cc1ccc(NC(=O)COc2ccc(C=Nc3ccc(Oc4ccccc4)cc3)cc2)cc1. The Kier molecular flexibility index (Phi) is 7.13. The summed E-state index contributed by atoms with van der Waals surface area (Å²) in [6.45, 7) is 1.94. The highest BCUT2D eigenvalue weighted by atomic mass is 16.5. The molecule has 0 fully saturated rings. The van der Waals surface area contributed by atoms with Crippen molar-refractivity contribution >= 4 is 23.5 Å². The van der Waals surface area contributed by atoms with Crippen LogP contribution in [0.25, 0.3) is 0 Å². The van der Waals surface area contributed by atoms with E-state index in [2.05, 4.69) is 10.3 Å². The second kappa shape index (κ2) is 10.8. The normalized spacial score (nSPS) is 10.7. The number of nitrogens with one attached hydrogen (secondary N) is 1. The quantitative estimate of drug-likeness (QED) is 0.318. The Labute approximate surface area is 193 Å². The predicted molar refractivity (Wildman–Crippen MR) is 132 cm³/mol. The second-order valence-corrected chi connectivity index (χ2v) is 7.44. The molecule has 0 unspecified atom stereocenters. The highest BCUT2D eigenvalue weighted by Gasteiger charge is 2.04. The zero-order valence-corrected chi connectivity index (χ0v) is 18.3. The van der Waals surface area contributed by atoms with Gasteiger partial charge in [0, 0.05) is 11.9 Å². The summed E-state index contributed by atoms with van der Waals surface area (Å²) in [5.41, 5.74) is 3.64. The Hall–Kier alpha value is -4.38. The van der Waals surface area contributed by atoms with Gasteiger partial charge < -0.3 is 14.8 Å². The number of aliphatic imine (C=N–C) groups is 1. The van der Waals surface area contributed by atoms with Crippen molar-refractivity contribution in [1.29, 1.82) is 0 Å². The van der Waals surface area contributed by atoms with Gasteiger partial charge in [0.1, 0.15) is 17.2 Å². The maximum absolute atomic E-state index is 12.1. The van der Waals surface area contributed by atoms with Crippen LogP contribution >= 0.6 is 0 Å². The lowest BCUT2D eigenvalue weighted by molar-refractivity contribution is -0.118. The topological polar surface area (TPSA) is 59.9 Å². The van der Waals surface area contributed by atoms with Gasteiger partial charge in [-0.1, -0.05) is 35.9 Å². The zero-order chi connectivity index (χ0) is 22.9. The fourth-order valence-electron chi connectivity index (χ4n) is 3.01. The molecular formula is C28H24N2O3. The monoisotopic (exact) mass is 436 g/mol. The maximum atomic E-state index is 12.1. The molecule has 5 nitrogen and oxygen atoms in total. The summed E-state index contributed by atoms with van der Waals surface area (Å²) in [6, 6.07) is 32.3. The molecule has 1 N–H and O–H groups in total. The second-order valence-electron chi connectivity index (χ2n) is 7.44. The smallest absolute Gasteiger partial charge is 0.262 e. The molecule has 0 saturated carbocycles. The van der Waals surface area contributed by atoms with Gasteiger partial charge in [0.15, 0.2) is 6.61 Å². The van der Waals surface area contributed by atoms with Crippen LogP contribution in [0.3, 0.4) is 0 Å². The summed E-state index contributed by atoms with van der Waals surface area (Å²) in [4.78, 5) is 16.6. The van der Waals surface area contributed by atoms with Gasteiger partial charge in [0.05, 0.1) is 5.69 Å². The van der Waals surface area contributed by atoms with Crippen LogP contribution in [-0.2, 0) is 4.79 Å². The van der Waals surface area contributed by atoms with Gasteiger partial charge in [-0.15, -0.1) is 0 Å². The molecule has 0 spiro atoms. The van der Waals surface area contributed by atoms with Crippen molar-refractivity contribution in [1.82, 2.24) is 0 Å². The van der Waals surface area contributed by atoms with Crippen molar-refractivity contribution in [3.05, 3.63) is 114 Å². The molecule has 0 radical (unpaired) electrons. The van der Waals surface area contributed by atoms with E-state index in [0.717, 1.165) is 34.0 Å². The van der Waals surface area contributed by atoms with Crippen LogP contribution in [0.4, 0.5) is 11.4 Å². The van der Waals surface area contributed by atoms with Crippen LogP contribution in [-0.4, -0.2) is 18.7 Å². The number of carbonyl (C=O) groups excluding carboxylic acids is 1. The van der Waals surface area contributed by atoms with Gasteiger partial charge in [0.25, 0.3) is 5.91 Å². The van der Waals surface area contributed by atoms with Gasteiger partial charge in [-0.3, -0.25) is 9.79 Å². The van der Waals surface area contributed by atoms with E-state index in [1.54, 1.807) is 6.21 Å². The average molecular weight is 437 g/mol. The molecule has 0 atom stereocenters. The third-order valence-corrected chi connectivity index (χ3v) is 4.76. The average Bonchev–Trinajstić information content (AvgIpc) is 2.85. The van der Waals surface area contributed by atoms with E-state index < -0.39 is 0 Å². The lowest BCUT2D eigenvalue weighted by Gasteiger charge is -2.08. The summed E-state index contributed by atoms with van der Waals surface area (Å²) in [7, 11) is 0. The van der Waals surface area contributed by atoms with E-state index in [9.17, 15) is 4.79 Å². The summed E-state index contributed by atoms with van der Waals surface area (Å²) in [5.74, 6) is 1.97. The van der Waals surface area contributed by atoms with Crippen LogP contribution in [0.5, 0.6) is 17.2 Å². The highest BCUT2D eigenvalue weighted by Crippen LogP contribution is 2.23. The first-order valence-electron chi connectivity index (χ1n) is 10.6. The number of hydrogen-bond acceptors (Lipinski definition) is 4. The Morgan fingerprint density at radius 2 is 1.42 bits per heavy atom. The third-order valence-electron chi connectivity index (χ3n) is 4.76. The maximum Gasteiger partial charge on any atom is 0.262 e. The van der Waals surface area contributed by atoms with E-state index in [4.69, 9.17) is 9.47 Å². The highest BCUT2D eigenvalue weighted by molar-refractivity contribution is 5.91. The Balaban J connectivity index is 1.26. The number of hydrogen-bond donors (Lipinski definition) is 1. The van der Waals surface area contributed by atoms with Crippen LogP contribution < -0.4 is 14.8 Å². The van der Waals surface area contributed by atoms with Crippen LogP contribution in [0.15, 0.2) is 108 Å². The molecule has 4 aromatic rings. The van der Waals surface area contributed by atoms with Crippen LogP contribution in [0.2, 0.25) is 0 Å². The minimum Gasteiger partial charge on any atom is -0.484 e. The van der Waals surface area contributed by atoms with E-state index >= 15 is 0 Å².